The molecule has 0 radical (unpaired) electrons. The van der Waals surface area contributed by atoms with E-state index in [0.29, 0.717) is 0 Å². The van der Waals surface area contributed by atoms with Gasteiger partial charge in [0.1, 0.15) is 0 Å². The molecule has 2 fully saturated rings. The van der Waals surface area contributed by atoms with Crippen molar-refractivity contribution in [3.63, 3.8) is 0 Å². The molecule has 0 aromatic rings. The first-order valence-electron chi connectivity index (χ1n) is 8.33. The Morgan fingerprint density at radius 3 is 2.06 bits per heavy atom. The van der Waals surface area contributed by atoms with E-state index in [0.717, 1.165) is 23.7 Å². The zero-order chi connectivity index (χ0) is 12.1. The summed E-state index contributed by atoms with van der Waals surface area (Å²) in [6.45, 7) is 4.71. The maximum atomic E-state index is 2.39. The van der Waals surface area contributed by atoms with E-state index in [1.807, 2.05) is 0 Å². The van der Waals surface area contributed by atoms with Gasteiger partial charge in [0.05, 0.1) is 0 Å². The van der Waals surface area contributed by atoms with Crippen molar-refractivity contribution in [2.45, 2.75) is 84.5 Å². The van der Waals surface area contributed by atoms with Crippen molar-refractivity contribution in [2.24, 2.45) is 23.7 Å². The van der Waals surface area contributed by atoms with Crippen LogP contribution in [0, 0.1) is 23.7 Å². The second kappa shape index (κ2) is 6.81. The Morgan fingerprint density at radius 1 is 0.765 bits per heavy atom. The lowest BCUT2D eigenvalue weighted by atomic mass is 9.64. The molecule has 2 aliphatic carbocycles. The molecule has 0 N–H and O–H groups in total. The fraction of sp³-hybridized carbons (Fsp3) is 1.00. The van der Waals surface area contributed by atoms with Gasteiger partial charge in [-0.25, -0.2) is 0 Å². The maximum absolute atomic E-state index is 2.39. The average molecular weight is 236 g/mol. The van der Waals surface area contributed by atoms with Crippen molar-refractivity contribution in [2.75, 3.05) is 0 Å². The molecule has 0 aromatic heterocycles. The number of rotatable bonds is 5. The van der Waals surface area contributed by atoms with Crippen molar-refractivity contribution >= 4 is 0 Å². The number of unbranched alkanes of at least 4 members (excludes halogenated alkanes) is 2. The summed E-state index contributed by atoms with van der Waals surface area (Å²) in [5.41, 5.74) is 0. The van der Waals surface area contributed by atoms with Gasteiger partial charge in [-0.15, -0.1) is 0 Å². The fourth-order valence-corrected chi connectivity index (χ4v) is 4.40. The summed E-state index contributed by atoms with van der Waals surface area (Å²) in [6.07, 6.45) is 16.7. The lowest BCUT2D eigenvalue weighted by Gasteiger charge is -2.42. The van der Waals surface area contributed by atoms with Crippen LogP contribution in [0.4, 0.5) is 0 Å². The molecule has 0 nitrogen and oxygen atoms in total. The molecule has 4 atom stereocenters. The Morgan fingerprint density at radius 2 is 1.41 bits per heavy atom. The first-order valence-corrected chi connectivity index (χ1v) is 8.33. The molecule has 0 heterocycles. The average Bonchev–Trinajstić information content (AvgIpc) is 2.38. The molecule has 2 saturated carbocycles. The lowest BCUT2D eigenvalue weighted by molar-refractivity contribution is 0.0930. The minimum atomic E-state index is 1.08. The molecule has 17 heavy (non-hydrogen) atoms. The highest BCUT2D eigenvalue weighted by atomic mass is 14.4. The number of hydrogen-bond acceptors (Lipinski definition) is 0. The summed E-state index contributed by atoms with van der Waals surface area (Å²) in [4.78, 5) is 0. The van der Waals surface area contributed by atoms with Gasteiger partial charge in [-0.2, -0.15) is 0 Å². The maximum Gasteiger partial charge on any atom is -0.0383 e. The van der Waals surface area contributed by atoms with Crippen LogP contribution < -0.4 is 0 Å². The zero-order valence-electron chi connectivity index (χ0n) is 12.1. The van der Waals surface area contributed by atoms with Crippen LogP contribution >= 0.6 is 0 Å². The Balaban J connectivity index is 1.73. The standard InChI is InChI=1S/C17H32/c1-3-5-6-7-15-9-11-16-12-14(4-2)8-10-17(16)13-15/h14-17H,3-13H2,1-2H3. The molecule has 4 unspecified atom stereocenters. The molecular formula is C17H32. The van der Waals surface area contributed by atoms with Crippen LogP contribution in [0.2, 0.25) is 0 Å². The lowest BCUT2D eigenvalue weighted by Crippen LogP contribution is -2.30. The van der Waals surface area contributed by atoms with E-state index in [-0.39, 0.29) is 0 Å². The van der Waals surface area contributed by atoms with Gasteiger partial charge in [0.25, 0.3) is 0 Å². The minimum absolute atomic E-state index is 1.08. The highest BCUT2D eigenvalue weighted by Gasteiger charge is 2.34. The molecule has 0 aliphatic heterocycles. The second-order valence-corrected chi connectivity index (χ2v) is 6.78. The quantitative estimate of drug-likeness (QED) is 0.528. The third-order valence-corrected chi connectivity index (χ3v) is 5.62. The van der Waals surface area contributed by atoms with Crippen LogP contribution in [0.15, 0.2) is 0 Å². The predicted molar refractivity (Wildman–Crippen MR) is 76.1 cm³/mol. The van der Waals surface area contributed by atoms with Crippen LogP contribution in [0.25, 0.3) is 0 Å². The van der Waals surface area contributed by atoms with Crippen molar-refractivity contribution in [3.8, 4) is 0 Å². The van der Waals surface area contributed by atoms with Gasteiger partial charge in [0.2, 0.25) is 0 Å². The molecule has 0 amide bonds. The van der Waals surface area contributed by atoms with E-state index in [9.17, 15) is 0 Å². The van der Waals surface area contributed by atoms with E-state index in [2.05, 4.69) is 13.8 Å². The highest BCUT2D eigenvalue weighted by molar-refractivity contribution is 4.85. The largest absolute Gasteiger partial charge is 0.0654 e. The Labute approximate surface area is 109 Å². The smallest absolute Gasteiger partial charge is 0.0383 e. The van der Waals surface area contributed by atoms with Gasteiger partial charge in [0, 0.05) is 0 Å². The second-order valence-electron chi connectivity index (χ2n) is 6.78. The van der Waals surface area contributed by atoms with E-state index in [1.54, 1.807) is 38.5 Å². The van der Waals surface area contributed by atoms with Gasteiger partial charge in [-0.1, -0.05) is 58.8 Å². The molecule has 0 saturated heterocycles. The zero-order valence-corrected chi connectivity index (χ0v) is 12.1. The fourth-order valence-electron chi connectivity index (χ4n) is 4.40. The third-order valence-electron chi connectivity index (χ3n) is 5.62. The van der Waals surface area contributed by atoms with Gasteiger partial charge in [0.15, 0.2) is 0 Å². The molecule has 2 aliphatic rings. The van der Waals surface area contributed by atoms with Gasteiger partial charge in [-0.05, 0) is 49.4 Å². The normalized spacial score (nSPS) is 37.8. The minimum Gasteiger partial charge on any atom is -0.0654 e. The summed E-state index contributed by atoms with van der Waals surface area (Å²) in [7, 11) is 0. The SMILES string of the molecule is CCCCCC1CCC2CC(CC)CCC2C1. The summed E-state index contributed by atoms with van der Waals surface area (Å²) in [5.74, 6) is 4.42. The van der Waals surface area contributed by atoms with Crippen LogP contribution in [0.3, 0.4) is 0 Å². The molecule has 0 bridgehead atoms. The monoisotopic (exact) mass is 236 g/mol. The van der Waals surface area contributed by atoms with Crippen LogP contribution in [0.1, 0.15) is 84.5 Å². The molecule has 0 aromatic carbocycles. The molecule has 2 rings (SSSR count). The Kier molecular flexibility index (Phi) is 5.38. The Hall–Kier alpha value is 0. The topological polar surface area (TPSA) is 0 Å². The number of hydrogen-bond donors (Lipinski definition) is 0. The van der Waals surface area contributed by atoms with Crippen molar-refractivity contribution in [3.05, 3.63) is 0 Å². The summed E-state index contributed by atoms with van der Waals surface area (Å²) in [5, 5.41) is 0. The van der Waals surface area contributed by atoms with Crippen molar-refractivity contribution in [1.29, 1.82) is 0 Å². The van der Waals surface area contributed by atoms with E-state index < -0.39 is 0 Å². The number of fused-ring (bicyclic) bond motifs is 1. The molecular weight excluding hydrogens is 204 g/mol. The van der Waals surface area contributed by atoms with Crippen LogP contribution in [-0.2, 0) is 0 Å². The molecule has 0 heteroatoms. The predicted octanol–water partition coefficient (Wildman–Crippen LogP) is 5.81. The van der Waals surface area contributed by atoms with Crippen molar-refractivity contribution in [1.82, 2.24) is 0 Å². The Bertz CT molecular complexity index is 208. The summed E-state index contributed by atoms with van der Waals surface area (Å²) in [6, 6.07) is 0. The molecule has 0 spiro atoms. The van der Waals surface area contributed by atoms with E-state index >= 15 is 0 Å². The summed E-state index contributed by atoms with van der Waals surface area (Å²) < 4.78 is 0. The van der Waals surface area contributed by atoms with E-state index in [4.69, 9.17) is 0 Å². The first-order chi connectivity index (χ1) is 8.33. The van der Waals surface area contributed by atoms with Gasteiger partial charge in [-0.3, -0.25) is 0 Å². The van der Waals surface area contributed by atoms with Gasteiger partial charge >= 0.3 is 0 Å². The van der Waals surface area contributed by atoms with E-state index in [1.165, 1.54) is 32.1 Å². The third kappa shape index (κ3) is 3.73. The summed E-state index contributed by atoms with van der Waals surface area (Å²) >= 11 is 0. The highest BCUT2D eigenvalue weighted by Crippen LogP contribution is 2.46. The van der Waals surface area contributed by atoms with Gasteiger partial charge < -0.3 is 0 Å². The van der Waals surface area contributed by atoms with Crippen molar-refractivity contribution < 1.29 is 0 Å². The van der Waals surface area contributed by atoms with Crippen LogP contribution in [-0.4, -0.2) is 0 Å². The first kappa shape index (κ1) is 13.4. The van der Waals surface area contributed by atoms with Crippen LogP contribution in [0.5, 0.6) is 0 Å². The molecule has 100 valence electrons.